The van der Waals surface area contributed by atoms with Gasteiger partial charge >= 0.3 is 11.8 Å². The van der Waals surface area contributed by atoms with Crippen LogP contribution in [-0.2, 0) is 9.59 Å². The standard InChI is InChI=1S/C17H22F3N3O2/c1-2-3-8-23-9-6-11(7-10-23)21-16(24)17(25)22-13-5-4-12(18)14(19)15(13)20/h4-5,11H,2-3,6-10H2,1H3,(H,21,24)(H,22,25). The highest BCUT2D eigenvalue weighted by Crippen LogP contribution is 2.19. The van der Waals surface area contributed by atoms with Crippen LogP contribution in [0.3, 0.4) is 0 Å². The van der Waals surface area contributed by atoms with Gasteiger partial charge in [-0.15, -0.1) is 0 Å². The molecule has 0 aromatic heterocycles. The molecule has 1 fully saturated rings. The number of nitrogens with zero attached hydrogens (tertiary/aromatic N) is 1. The largest absolute Gasteiger partial charge is 0.345 e. The second kappa shape index (κ2) is 8.84. The van der Waals surface area contributed by atoms with Gasteiger partial charge in [0.1, 0.15) is 0 Å². The first kappa shape index (κ1) is 19.2. The summed E-state index contributed by atoms with van der Waals surface area (Å²) in [5.41, 5.74) is -0.576. The third-order valence-electron chi connectivity index (χ3n) is 4.24. The number of piperidine rings is 1. The summed E-state index contributed by atoms with van der Waals surface area (Å²) in [5, 5.41) is 4.55. The quantitative estimate of drug-likeness (QED) is 0.629. The molecular formula is C17H22F3N3O2. The molecule has 0 radical (unpaired) electrons. The van der Waals surface area contributed by atoms with Crippen molar-refractivity contribution in [1.29, 1.82) is 0 Å². The summed E-state index contributed by atoms with van der Waals surface area (Å²) in [6, 6.07) is 1.41. The molecule has 1 aromatic carbocycles. The van der Waals surface area contributed by atoms with Gasteiger partial charge in [-0.1, -0.05) is 13.3 Å². The van der Waals surface area contributed by atoms with Crippen molar-refractivity contribution in [2.24, 2.45) is 0 Å². The Morgan fingerprint density at radius 2 is 1.80 bits per heavy atom. The maximum absolute atomic E-state index is 13.5. The number of halogens is 3. The molecule has 1 saturated heterocycles. The molecule has 25 heavy (non-hydrogen) atoms. The van der Waals surface area contributed by atoms with Gasteiger partial charge in [-0.05, 0) is 37.9 Å². The number of carbonyl (C=O) groups is 2. The molecule has 5 nitrogen and oxygen atoms in total. The van der Waals surface area contributed by atoms with Crippen LogP contribution in [0.15, 0.2) is 12.1 Å². The average molecular weight is 357 g/mol. The van der Waals surface area contributed by atoms with E-state index in [1.54, 1.807) is 0 Å². The summed E-state index contributed by atoms with van der Waals surface area (Å²) < 4.78 is 39.5. The molecule has 2 rings (SSSR count). The Balaban J connectivity index is 1.83. The fourth-order valence-electron chi connectivity index (χ4n) is 2.74. The first-order valence-electron chi connectivity index (χ1n) is 8.40. The molecule has 0 bridgehead atoms. The van der Waals surface area contributed by atoms with Crippen molar-refractivity contribution in [1.82, 2.24) is 10.2 Å². The van der Waals surface area contributed by atoms with E-state index in [9.17, 15) is 22.8 Å². The number of likely N-dealkylation sites (tertiary alicyclic amines) is 1. The van der Waals surface area contributed by atoms with E-state index in [1.807, 2.05) is 5.32 Å². The summed E-state index contributed by atoms with van der Waals surface area (Å²) in [5.74, 6) is -6.63. The van der Waals surface area contributed by atoms with Crippen molar-refractivity contribution < 1.29 is 22.8 Å². The Labute approximate surface area is 144 Å². The molecule has 0 spiro atoms. The zero-order chi connectivity index (χ0) is 18.4. The highest BCUT2D eigenvalue weighted by atomic mass is 19.2. The fourth-order valence-corrected chi connectivity index (χ4v) is 2.74. The number of anilines is 1. The molecule has 2 amide bonds. The van der Waals surface area contributed by atoms with Gasteiger partial charge in [0.05, 0.1) is 5.69 Å². The van der Waals surface area contributed by atoms with Gasteiger partial charge < -0.3 is 15.5 Å². The lowest BCUT2D eigenvalue weighted by Crippen LogP contribution is -2.47. The zero-order valence-electron chi connectivity index (χ0n) is 14.1. The Bertz CT molecular complexity index is 632. The van der Waals surface area contributed by atoms with Crippen molar-refractivity contribution in [2.45, 2.75) is 38.6 Å². The molecule has 1 heterocycles. The summed E-state index contributed by atoms with van der Waals surface area (Å²) >= 11 is 0. The predicted molar refractivity (Wildman–Crippen MR) is 87.5 cm³/mol. The number of unbranched alkanes of at least 4 members (excludes halogenated alkanes) is 1. The first-order valence-corrected chi connectivity index (χ1v) is 8.40. The van der Waals surface area contributed by atoms with Crippen LogP contribution < -0.4 is 10.6 Å². The average Bonchev–Trinajstić information content (AvgIpc) is 2.61. The van der Waals surface area contributed by atoms with Crippen LogP contribution in [0.1, 0.15) is 32.6 Å². The van der Waals surface area contributed by atoms with Crippen molar-refractivity contribution in [3.05, 3.63) is 29.6 Å². The van der Waals surface area contributed by atoms with Crippen LogP contribution >= 0.6 is 0 Å². The molecule has 0 saturated carbocycles. The molecular weight excluding hydrogens is 335 g/mol. The third-order valence-corrected chi connectivity index (χ3v) is 4.24. The van der Waals surface area contributed by atoms with Crippen LogP contribution in [0.4, 0.5) is 18.9 Å². The molecule has 1 aliphatic rings. The lowest BCUT2D eigenvalue weighted by molar-refractivity contribution is -0.136. The minimum Gasteiger partial charge on any atom is -0.345 e. The monoisotopic (exact) mass is 357 g/mol. The lowest BCUT2D eigenvalue weighted by Gasteiger charge is -2.32. The Hall–Kier alpha value is -2.09. The van der Waals surface area contributed by atoms with E-state index in [0.29, 0.717) is 6.07 Å². The summed E-state index contributed by atoms with van der Waals surface area (Å²) in [6.07, 6.45) is 3.70. The number of rotatable bonds is 5. The number of carbonyl (C=O) groups excluding carboxylic acids is 2. The first-order chi connectivity index (χ1) is 11.9. The van der Waals surface area contributed by atoms with Crippen molar-refractivity contribution >= 4 is 17.5 Å². The normalized spacial score (nSPS) is 15.8. The van der Waals surface area contributed by atoms with Gasteiger partial charge in [0.2, 0.25) is 0 Å². The number of benzene rings is 1. The van der Waals surface area contributed by atoms with E-state index >= 15 is 0 Å². The van der Waals surface area contributed by atoms with Gasteiger partial charge in [0, 0.05) is 19.1 Å². The third kappa shape index (κ3) is 5.19. The summed E-state index contributed by atoms with van der Waals surface area (Å²) in [6.45, 7) is 4.82. The molecule has 1 aliphatic heterocycles. The Kier molecular flexibility index (Phi) is 6.81. The molecule has 2 N–H and O–H groups in total. The Morgan fingerprint density at radius 3 is 2.44 bits per heavy atom. The lowest BCUT2D eigenvalue weighted by atomic mass is 10.0. The van der Waals surface area contributed by atoms with E-state index in [4.69, 9.17) is 0 Å². The van der Waals surface area contributed by atoms with E-state index < -0.39 is 35.0 Å². The van der Waals surface area contributed by atoms with Crippen LogP contribution in [0, 0.1) is 17.5 Å². The maximum Gasteiger partial charge on any atom is 0.313 e. The van der Waals surface area contributed by atoms with Crippen LogP contribution in [0.2, 0.25) is 0 Å². The van der Waals surface area contributed by atoms with Gasteiger partial charge in [-0.3, -0.25) is 9.59 Å². The minimum absolute atomic E-state index is 0.133. The topological polar surface area (TPSA) is 61.4 Å². The predicted octanol–water partition coefficient (Wildman–Crippen LogP) is 2.42. The summed E-state index contributed by atoms with van der Waals surface area (Å²) in [7, 11) is 0. The fraction of sp³-hybridized carbons (Fsp3) is 0.529. The van der Waals surface area contributed by atoms with Crippen molar-refractivity contribution in [3.63, 3.8) is 0 Å². The summed E-state index contributed by atoms with van der Waals surface area (Å²) in [4.78, 5) is 26.0. The number of hydrogen-bond acceptors (Lipinski definition) is 3. The second-order valence-corrected chi connectivity index (χ2v) is 6.12. The van der Waals surface area contributed by atoms with E-state index in [-0.39, 0.29) is 6.04 Å². The minimum atomic E-state index is -1.70. The highest BCUT2D eigenvalue weighted by Gasteiger charge is 2.24. The van der Waals surface area contributed by atoms with Crippen LogP contribution in [0.25, 0.3) is 0 Å². The highest BCUT2D eigenvalue weighted by molar-refractivity contribution is 6.39. The Morgan fingerprint density at radius 1 is 1.12 bits per heavy atom. The zero-order valence-corrected chi connectivity index (χ0v) is 14.1. The maximum atomic E-state index is 13.5. The van der Waals surface area contributed by atoms with E-state index in [1.165, 1.54) is 0 Å². The van der Waals surface area contributed by atoms with Gasteiger partial charge in [0.25, 0.3) is 0 Å². The number of hydrogen-bond donors (Lipinski definition) is 2. The molecule has 138 valence electrons. The van der Waals surface area contributed by atoms with Crippen molar-refractivity contribution in [3.8, 4) is 0 Å². The number of amides is 2. The molecule has 0 unspecified atom stereocenters. The smallest absolute Gasteiger partial charge is 0.313 e. The van der Waals surface area contributed by atoms with Crippen LogP contribution in [-0.4, -0.2) is 42.4 Å². The molecule has 8 heteroatoms. The van der Waals surface area contributed by atoms with Gasteiger partial charge in [-0.2, -0.15) is 0 Å². The molecule has 0 aliphatic carbocycles. The second-order valence-electron chi connectivity index (χ2n) is 6.12. The van der Waals surface area contributed by atoms with Crippen molar-refractivity contribution in [2.75, 3.05) is 25.0 Å². The van der Waals surface area contributed by atoms with E-state index in [2.05, 4.69) is 17.1 Å². The van der Waals surface area contributed by atoms with Crippen LogP contribution in [0.5, 0.6) is 0 Å². The molecule has 0 atom stereocenters. The van der Waals surface area contributed by atoms with Gasteiger partial charge in [-0.25, -0.2) is 13.2 Å². The van der Waals surface area contributed by atoms with E-state index in [0.717, 1.165) is 51.4 Å². The number of nitrogens with one attached hydrogen (secondary N) is 2. The molecule has 1 aromatic rings. The van der Waals surface area contributed by atoms with Gasteiger partial charge in [0.15, 0.2) is 17.5 Å². The SMILES string of the molecule is CCCCN1CCC(NC(=O)C(=O)Nc2ccc(F)c(F)c2F)CC1.